The first kappa shape index (κ1) is 39.7. The van der Waals surface area contributed by atoms with Gasteiger partial charge in [0.1, 0.15) is 14.3 Å². The largest absolute Gasteiger partial charge is 0.316 e. The van der Waals surface area contributed by atoms with Crippen molar-refractivity contribution >= 4 is 81.7 Å². The van der Waals surface area contributed by atoms with E-state index < -0.39 is 14.3 Å². The van der Waals surface area contributed by atoms with E-state index in [2.05, 4.69) is 132 Å². The monoisotopic (exact) mass is 825 g/mol. The van der Waals surface area contributed by atoms with Crippen molar-refractivity contribution in [3.8, 4) is 11.1 Å². The molecule has 9 aromatic rings. The normalized spacial score (nSPS) is 12.3. The van der Waals surface area contributed by atoms with Crippen molar-refractivity contribution in [2.45, 2.75) is 0 Å². The van der Waals surface area contributed by atoms with Crippen molar-refractivity contribution in [2.75, 3.05) is 12.3 Å². The zero-order chi connectivity index (χ0) is 41.5. The molecule has 5 heteroatoms. The molecule has 61 heavy (non-hydrogen) atoms. The number of fused-ring (bicyclic) bond motifs is 3. The summed E-state index contributed by atoms with van der Waals surface area (Å²) in [7, 11) is -5.87. The lowest BCUT2D eigenvalue weighted by atomic mass is 9.98. The molecule has 3 nitrogen and oxygen atoms in total. The van der Waals surface area contributed by atoms with E-state index in [1.807, 2.05) is 121 Å². The van der Waals surface area contributed by atoms with Gasteiger partial charge in [-0.05, 0) is 64.2 Å². The summed E-state index contributed by atoms with van der Waals surface area (Å²) in [5.41, 5.74) is 7.58. The molecule has 1 heterocycles. The van der Waals surface area contributed by atoms with Gasteiger partial charge in [-0.15, -0.1) is 0 Å². The van der Waals surface area contributed by atoms with Crippen LogP contribution in [-0.4, -0.2) is 16.9 Å². The van der Waals surface area contributed by atoms with Gasteiger partial charge in [0.2, 0.25) is 0 Å². The molecule has 296 valence electrons. The van der Waals surface area contributed by atoms with Crippen LogP contribution >= 0.6 is 14.3 Å². The Morgan fingerprint density at radius 1 is 0.361 bits per heavy atom. The van der Waals surface area contributed by atoms with E-state index >= 15 is 0 Å². The molecule has 0 radical (unpaired) electrons. The maximum absolute atomic E-state index is 14.8. The molecule has 0 aliphatic carbocycles. The maximum Gasteiger partial charge on any atom is 0.146 e. The van der Waals surface area contributed by atoms with Gasteiger partial charge >= 0.3 is 0 Å². The first-order valence-corrected chi connectivity index (χ1v) is 24.4. The molecule has 0 unspecified atom stereocenters. The van der Waals surface area contributed by atoms with Crippen molar-refractivity contribution in [1.29, 1.82) is 0 Å². The molecular weight excluding hydrogens is 781 g/mol. The SMILES string of the molecule is O=P(CC=Cc1cc(C=CCP(=O)(c2ccccc2)c2ccccc2)cc(-c2ccc(C=Cn3c4ccccc4c4ccccc43)cc2)c1)(c1ccccc1)c1ccccc1. The van der Waals surface area contributed by atoms with Crippen LogP contribution in [0.25, 0.3) is 57.4 Å². The summed E-state index contributed by atoms with van der Waals surface area (Å²) in [6.07, 6.45) is 13.4. The fourth-order valence-electron chi connectivity index (χ4n) is 8.17. The Bertz CT molecular complexity index is 2850. The summed E-state index contributed by atoms with van der Waals surface area (Å²) in [6.45, 7) is 0. The maximum atomic E-state index is 14.8. The average Bonchev–Trinajstić information content (AvgIpc) is 3.65. The molecule has 0 saturated heterocycles. The van der Waals surface area contributed by atoms with Gasteiger partial charge < -0.3 is 13.7 Å². The third kappa shape index (κ3) is 8.50. The van der Waals surface area contributed by atoms with Crippen LogP contribution in [0.15, 0.2) is 224 Å². The molecule has 0 atom stereocenters. The predicted molar refractivity (Wildman–Crippen MR) is 264 cm³/mol. The minimum absolute atomic E-state index is 0.390. The van der Waals surface area contributed by atoms with Gasteiger partial charge in [0, 0.05) is 50.5 Å². The number of para-hydroxylation sites is 2. The lowest BCUT2D eigenvalue weighted by Gasteiger charge is -2.18. The number of aromatic nitrogens is 1. The number of rotatable bonds is 13. The second kappa shape index (κ2) is 17.8. The lowest BCUT2D eigenvalue weighted by Crippen LogP contribution is -2.17. The van der Waals surface area contributed by atoms with Crippen LogP contribution in [-0.2, 0) is 9.13 Å². The van der Waals surface area contributed by atoms with Crippen molar-refractivity contribution < 1.29 is 9.13 Å². The summed E-state index contributed by atoms with van der Waals surface area (Å²) in [4.78, 5) is 0. The Morgan fingerprint density at radius 3 is 1.15 bits per heavy atom. The van der Waals surface area contributed by atoms with Crippen LogP contribution in [0.1, 0.15) is 16.7 Å². The van der Waals surface area contributed by atoms with Crippen molar-refractivity contribution in [3.63, 3.8) is 0 Å². The summed E-state index contributed by atoms with van der Waals surface area (Å²) in [5, 5.41) is 5.85. The Kier molecular flexibility index (Phi) is 11.6. The van der Waals surface area contributed by atoms with Crippen molar-refractivity contribution in [3.05, 3.63) is 241 Å². The van der Waals surface area contributed by atoms with E-state index in [1.54, 1.807) is 0 Å². The molecule has 9 rings (SSSR count). The van der Waals surface area contributed by atoms with Gasteiger partial charge in [-0.2, -0.15) is 0 Å². The number of benzene rings is 8. The molecule has 0 spiro atoms. The Balaban J connectivity index is 1.05. The Morgan fingerprint density at radius 2 is 0.738 bits per heavy atom. The van der Waals surface area contributed by atoms with E-state index in [0.717, 1.165) is 49.0 Å². The van der Waals surface area contributed by atoms with E-state index in [1.165, 1.54) is 21.8 Å². The molecule has 0 N–H and O–H groups in total. The molecule has 0 fully saturated rings. The Labute approximate surface area is 358 Å². The molecule has 8 aromatic carbocycles. The van der Waals surface area contributed by atoms with Crippen LogP contribution in [0.3, 0.4) is 0 Å². The predicted octanol–water partition coefficient (Wildman–Crippen LogP) is 13.1. The van der Waals surface area contributed by atoms with E-state index in [9.17, 15) is 9.13 Å². The number of hydrogen-bond donors (Lipinski definition) is 0. The van der Waals surface area contributed by atoms with Gasteiger partial charge in [-0.3, -0.25) is 0 Å². The summed E-state index contributed by atoms with van der Waals surface area (Å²) in [5.74, 6) is 0. The zero-order valence-electron chi connectivity index (χ0n) is 33.7. The average molecular weight is 826 g/mol. The summed E-state index contributed by atoms with van der Waals surface area (Å²) < 4.78 is 31.9. The molecule has 0 aliphatic rings. The van der Waals surface area contributed by atoms with Crippen molar-refractivity contribution in [2.24, 2.45) is 0 Å². The standard InChI is InChI=1S/C56H45NO2P2/c58-60(49-21-5-1-6-22-49,50-23-7-2-8-24-50)39-17-19-45-41-46(20-18-40-61(59,51-25-9-3-10-26-51)52-27-11-4-12-28-52)43-48(42-45)47-35-33-44(34-36-47)37-38-57-55-31-15-13-29-53(55)54-30-14-16-32-56(54)57/h1-38,41-43H,39-40H2. The fourth-order valence-corrected chi connectivity index (χ4v) is 13.0. The summed E-state index contributed by atoms with van der Waals surface area (Å²) in [6, 6.07) is 71.4. The van der Waals surface area contributed by atoms with Crippen LogP contribution in [0, 0.1) is 0 Å². The van der Waals surface area contributed by atoms with Crippen molar-refractivity contribution in [1.82, 2.24) is 4.57 Å². The van der Waals surface area contributed by atoms with Gasteiger partial charge in [0.25, 0.3) is 0 Å². The van der Waals surface area contributed by atoms with Gasteiger partial charge in [-0.1, -0.05) is 206 Å². The second-order valence-electron chi connectivity index (χ2n) is 15.2. The van der Waals surface area contributed by atoms with Crippen LogP contribution in [0.4, 0.5) is 0 Å². The molecular formula is C56H45NO2P2. The highest BCUT2D eigenvalue weighted by Gasteiger charge is 2.26. The highest BCUT2D eigenvalue weighted by Crippen LogP contribution is 2.44. The van der Waals surface area contributed by atoms with Gasteiger partial charge in [-0.25, -0.2) is 0 Å². The lowest BCUT2D eigenvalue weighted by molar-refractivity contribution is 0.588. The molecule has 0 saturated carbocycles. The zero-order valence-corrected chi connectivity index (χ0v) is 35.5. The van der Waals surface area contributed by atoms with Gasteiger partial charge in [0.15, 0.2) is 0 Å². The van der Waals surface area contributed by atoms with Crippen LogP contribution in [0.2, 0.25) is 0 Å². The minimum Gasteiger partial charge on any atom is -0.316 e. The van der Waals surface area contributed by atoms with E-state index in [0.29, 0.717) is 12.3 Å². The highest BCUT2D eigenvalue weighted by molar-refractivity contribution is 7.79. The molecule has 0 amide bonds. The first-order valence-electron chi connectivity index (χ1n) is 20.6. The molecule has 0 bridgehead atoms. The van der Waals surface area contributed by atoms with Gasteiger partial charge in [0.05, 0.1) is 11.0 Å². The smallest absolute Gasteiger partial charge is 0.146 e. The fraction of sp³-hybridized carbons (Fsp3) is 0.0357. The molecule has 1 aromatic heterocycles. The van der Waals surface area contributed by atoms with Crippen LogP contribution in [0.5, 0.6) is 0 Å². The third-order valence-electron chi connectivity index (χ3n) is 11.3. The van der Waals surface area contributed by atoms with E-state index in [-0.39, 0.29) is 0 Å². The second-order valence-corrected chi connectivity index (χ2v) is 21.0. The van der Waals surface area contributed by atoms with Crippen LogP contribution < -0.4 is 21.2 Å². The topological polar surface area (TPSA) is 39.1 Å². The third-order valence-corrected chi connectivity index (χ3v) is 17.3. The number of allylic oxidation sites excluding steroid dienone is 2. The van der Waals surface area contributed by atoms with E-state index in [4.69, 9.17) is 0 Å². The number of hydrogen-bond acceptors (Lipinski definition) is 2. The number of nitrogens with zero attached hydrogens (tertiary/aromatic N) is 1. The first-order chi connectivity index (χ1) is 30.0. The Hall–Kier alpha value is -6.76. The summed E-state index contributed by atoms with van der Waals surface area (Å²) >= 11 is 0. The highest BCUT2D eigenvalue weighted by atomic mass is 31.2. The molecule has 0 aliphatic heterocycles. The minimum atomic E-state index is -2.94. The quantitative estimate of drug-likeness (QED) is 0.109.